The Kier molecular flexibility index (Phi) is 5.00. The van der Waals surface area contributed by atoms with Crippen LogP contribution >= 0.6 is 15.9 Å². The van der Waals surface area contributed by atoms with Crippen molar-refractivity contribution >= 4 is 15.9 Å². The van der Waals surface area contributed by atoms with Crippen molar-refractivity contribution in [3.05, 3.63) is 34.3 Å². The number of benzene rings is 1. The molecule has 0 amide bonds. The third kappa shape index (κ3) is 3.49. The summed E-state index contributed by atoms with van der Waals surface area (Å²) >= 11 is 3.29. The molecule has 0 N–H and O–H groups in total. The predicted molar refractivity (Wildman–Crippen MR) is 37.7 cm³/mol. The number of aryl methyl sites for hydroxylation is 1. The minimum atomic E-state index is 0. The Balaban J connectivity index is 0.000000640. The van der Waals surface area contributed by atoms with Gasteiger partial charge >= 0.3 is 0 Å². The Labute approximate surface area is 89.0 Å². The van der Waals surface area contributed by atoms with Crippen LogP contribution in [-0.2, 0) is 32.7 Å². The summed E-state index contributed by atoms with van der Waals surface area (Å²) in [5.74, 6) is 0. The van der Waals surface area contributed by atoms with E-state index in [9.17, 15) is 0 Å². The first-order valence-electron chi connectivity index (χ1n) is 2.43. The second-order valence-electron chi connectivity index (χ2n) is 1.71. The molecule has 0 nitrogen and oxygen atoms in total. The van der Waals surface area contributed by atoms with Gasteiger partial charge in [-0.05, 0) is 0 Å². The number of rotatable bonds is 0. The van der Waals surface area contributed by atoms with Crippen molar-refractivity contribution < 1.29 is 32.7 Å². The summed E-state index contributed by atoms with van der Waals surface area (Å²) in [7, 11) is 0. The maximum Gasteiger partial charge on any atom is 0 e. The zero-order valence-electron chi connectivity index (χ0n) is 5.19. The summed E-state index contributed by atoms with van der Waals surface area (Å²) in [6.07, 6.45) is 0. The number of halogens is 1. The predicted octanol–water partition coefficient (Wildman–Crippen LogP) is 2.56. The van der Waals surface area contributed by atoms with Crippen LogP contribution in [-0.4, -0.2) is 0 Å². The normalized spacial score (nSPS) is 8.22. The molecule has 0 unspecified atom stereocenters. The van der Waals surface area contributed by atoms with Crippen LogP contribution in [0.3, 0.4) is 0 Å². The second-order valence-corrected chi connectivity index (χ2v) is 2.57. The van der Waals surface area contributed by atoms with Gasteiger partial charge in [0.1, 0.15) is 0 Å². The Morgan fingerprint density at radius 1 is 1.44 bits per heavy atom. The van der Waals surface area contributed by atoms with Crippen LogP contribution in [0.25, 0.3) is 0 Å². The van der Waals surface area contributed by atoms with Gasteiger partial charge in [-0.2, -0.15) is 29.8 Å². The molecule has 0 fully saturated rings. The van der Waals surface area contributed by atoms with Gasteiger partial charge in [-0.1, -0.05) is 27.3 Å². The van der Waals surface area contributed by atoms with E-state index in [0.29, 0.717) is 0 Å². The Morgan fingerprint density at radius 2 is 2.11 bits per heavy atom. The molecule has 1 aromatic rings. The van der Waals surface area contributed by atoms with Crippen LogP contribution in [0.15, 0.2) is 22.7 Å². The largest absolute Gasteiger partial charge is 0.173 e. The van der Waals surface area contributed by atoms with E-state index in [4.69, 9.17) is 0 Å². The molecule has 0 saturated carbocycles. The minimum absolute atomic E-state index is 0. The van der Waals surface area contributed by atoms with E-state index in [-0.39, 0.29) is 32.7 Å². The molecule has 0 aliphatic carbocycles. The van der Waals surface area contributed by atoms with Gasteiger partial charge < -0.3 is 0 Å². The fourth-order valence-corrected chi connectivity index (χ4v) is 0.730. The molecule has 2 heteroatoms. The van der Waals surface area contributed by atoms with Crippen molar-refractivity contribution in [2.24, 2.45) is 0 Å². The molecule has 0 heterocycles. The first kappa shape index (κ1) is 9.80. The molecule has 0 aliphatic heterocycles. The van der Waals surface area contributed by atoms with Crippen molar-refractivity contribution in [3.63, 3.8) is 0 Å². The molecule has 0 bridgehead atoms. The van der Waals surface area contributed by atoms with Gasteiger partial charge in [-0.25, -0.2) is 0 Å². The van der Waals surface area contributed by atoms with E-state index < -0.39 is 0 Å². The number of hydrogen-bond donors (Lipinski definition) is 0. The van der Waals surface area contributed by atoms with Gasteiger partial charge in [-0.3, -0.25) is 0 Å². The van der Waals surface area contributed by atoms with Crippen LogP contribution in [0, 0.1) is 13.0 Å². The molecule has 45 valence electrons. The Bertz CT molecular complexity index is 148. The summed E-state index contributed by atoms with van der Waals surface area (Å²) < 4.78 is 1.02. The molecular weight excluding hydrogens is 253 g/mol. The van der Waals surface area contributed by atoms with Crippen LogP contribution in [0.1, 0.15) is 5.56 Å². The maximum atomic E-state index is 3.29. The zero-order valence-corrected chi connectivity index (χ0v) is 9.61. The SMILES string of the molecule is Cc1c[c-]c(Br)cc1.[Y]. The second kappa shape index (κ2) is 4.59. The van der Waals surface area contributed by atoms with E-state index in [0.717, 1.165) is 4.47 Å². The molecule has 0 spiro atoms. The topological polar surface area (TPSA) is 0 Å². The maximum absolute atomic E-state index is 3.29. The molecule has 0 aliphatic rings. The van der Waals surface area contributed by atoms with Gasteiger partial charge in [0.05, 0.1) is 0 Å². The van der Waals surface area contributed by atoms with E-state index in [1.54, 1.807) is 0 Å². The fourth-order valence-electron chi connectivity index (χ4n) is 0.484. The third-order valence-electron chi connectivity index (χ3n) is 0.930. The van der Waals surface area contributed by atoms with Crippen molar-refractivity contribution in [1.82, 2.24) is 0 Å². The van der Waals surface area contributed by atoms with E-state index in [1.165, 1.54) is 5.56 Å². The van der Waals surface area contributed by atoms with Crippen molar-refractivity contribution in [1.29, 1.82) is 0 Å². The average Bonchev–Trinajstić information content (AvgIpc) is 1.77. The smallest absolute Gasteiger partial charge is 0 e. The summed E-state index contributed by atoms with van der Waals surface area (Å²) in [6.45, 7) is 2.04. The standard InChI is InChI=1S/C7H6Br.Y/c1-6-2-4-7(8)5-3-6;/h2-4H,1H3;/q-1;. The molecule has 0 atom stereocenters. The van der Waals surface area contributed by atoms with Crippen molar-refractivity contribution in [2.75, 3.05) is 0 Å². The zero-order chi connectivity index (χ0) is 5.98. The molecule has 1 rings (SSSR count). The van der Waals surface area contributed by atoms with Crippen LogP contribution < -0.4 is 0 Å². The Morgan fingerprint density at radius 3 is 2.44 bits per heavy atom. The quantitative estimate of drug-likeness (QED) is 0.628. The van der Waals surface area contributed by atoms with E-state index in [1.807, 2.05) is 25.1 Å². The fraction of sp³-hybridized carbons (Fsp3) is 0.143. The van der Waals surface area contributed by atoms with E-state index in [2.05, 4.69) is 22.0 Å². The summed E-state index contributed by atoms with van der Waals surface area (Å²) in [5, 5.41) is 0. The van der Waals surface area contributed by atoms with E-state index >= 15 is 0 Å². The molecule has 1 radical (unpaired) electrons. The minimum Gasteiger partial charge on any atom is -0.173 e. The Hall–Kier alpha value is 0.804. The molecular formula is C7H6BrY-. The third-order valence-corrected chi connectivity index (χ3v) is 1.42. The van der Waals surface area contributed by atoms with Crippen LogP contribution in [0.2, 0.25) is 0 Å². The van der Waals surface area contributed by atoms with Gasteiger partial charge in [-0.15, -0.1) is 0 Å². The summed E-state index contributed by atoms with van der Waals surface area (Å²) in [6, 6.07) is 8.99. The van der Waals surface area contributed by atoms with Crippen LogP contribution in [0.5, 0.6) is 0 Å². The number of hydrogen-bond acceptors (Lipinski definition) is 0. The molecule has 9 heavy (non-hydrogen) atoms. The van der Waals surface area contributed by atoms with Crippen LogP contribution in [0.4, 0.5) is 0 Å². The molecule has 0 saturated heterocycles. The van der Waals surface area contributed by atoms with Gasteiger partial charge in [0.25, 0.3) is 0 Å². The first-order chi connectivity index (χ1) is 3.79. The molecule has 1 aromatic carbocycles. The van der Waals surface area contributed by atoms with Crippen molar-refractivity contribution in [3.8, 4) is 0 Å². The monoisotopic (exact) mass is 258 g/mol. The summed E-state index contributed by atoms with van der Waals surface area (Å²) in [5.41, 5.74) is 1.24. The van der Waals surface area contributed by atoms with Gasteiger partial charge in [0.2, 0.25) is 0 Å². The van der Waals surface area contributed by atoms with Gasteiger partial charge in [0.15, 0.2) is 0 Å². The first-order valence-corrected chi connectivity index (χ1v) is 3.22. The summed E-state index contributed by atoms with van der Waals surface area (Å²) in [4.78, 5) is 0. The van der Waals surface area contributed by atoms with Crippen molar-refractivity contribution in [2.45, 2.75) is 6.92 Å². The van der Waals surface area contributed by atoms with Gasteiger partial charge in [0, 0.05) is 32.7 Å². The molecule has 0 aromatic heterocycles. The average molecular weight is 259 g/mol.